The lowest BCUT2D eigenvalue weighted by atomic mass is 10.3. The molecular formula is C8H9N2O5PS2. The summed E-state index contributed by atoms with van der Waals surface area (Å²) in [5, 5.41) is 21.4. The third kappa shape index (κ3) is 4.34. The largest absolute Gasteiger partial charge is 0.292 e. The Labute approximate surface area is 112 Å². The number of non-ortho nitro benzene ring substituents is 1. The molecule has 1 aromatic rings. The molecule has 0 radical (unpaired) electrons. The predicted molar refractivity (Wildman–Crippen MR) is 72.8 cm³/mol. The van der Waals surface area contributed by atoms with Crippen molar-refractivity contribution in [1.29, 1.82) is 0 Å². The van der Waals surface area contributed by atoms with E-state index in [4.69, 9.17) is 15.8 Å². The molecular weight excluding hydrogens is 299 g/mol. The van der Waals surface area contributed by atoms with Gasteiger partial charge in [0, 0.05) is 18.1 Å². The number of nitro groups is 2. The Balaban J connectivity index is 3.08. The lowest BCUT2D eigenvalue weighted by molar-refractivity contribution is -0.396. The molecule has 0 heterocycles. The van der Waals surface area contributed by atoms with Gasteiger partial charge in [-0.3, -0.25) is 24.2 Å². The van der Waals surface area contributed by atoms with Crippen molar-refractivity contribution in [3.05, 3.63) is 38.4 Å². The van der Waals surface area contributed by atoms with Crippen molar-refractivity contribution in [2.45, 2.75) is 4.90 Å². The highest BCUT2D eigenvalue weighted by molar-refractivity contribution is 8.16. The minimum atomic E-state index is -1.97. The summed E-state index contributed by atoms with van der Waals surface area (Å²) in [6, 6.07) is 3.37. The minimum Gasteiger partial charge on any atom is -0.280 e. The van der Waals surface area contributed by atoms with Crippen LogP contribution in [0.5, 0.6) is 0 Å². The van der Waals surface area contributed by atoms with Crippen LogP contribution in [0.4, 0.5) is 11.4 Å². The molecule has 18 heavy (non-hydrogen) atoms. The Kier molecular flexibility index (Phi) is 4.80. The maximum absolute atomic E-state index is 10.8. The average Bonchev–Trinajstić information content (AvgIpc) is 2.24. The lowest BCUT2D eigenvalue weighted by Crippen LogP contribution is -1.94. The topological polar surface area (TPSA) is 95.5 Å². The van der Waals surface area contributed by atoms with E-state index in [1.54, 1.807) is 13.3 Å². The standard InChI is InChI=1S/C8H9N2O5PS2/c1-16(2,17)15-18-8-4-3-6(9(11)12)5-7(8)10(13)14/h3-5H,1-2H3. The third-order valence-corrected chi connectivity index (χ3v) is 4.46. The fourth-order valence-electron chi connectivity index (χ4n) is 0.962. The zero-order valence-corrected chi connectivity index (χ0v) is 12.0. The van der Waals surface area contributed by atoms with Crippen LogP contribution < -0.4 is 0 Å². The summed E-state index contributed by atoms with van der Waals surface area (Å²) in [6.07, 6.45) is -1.97. The van der Waals surface area contributed by atoms with E-state index in [0.29, 0.717) is 0 Å². The van der Waals surface area contributed by atoms with Gasteiger partial charge in [-0.25, -0.2) is 0 Å². The molecule has 0 amide bonds. The molecule has 0 aliphatic carbocycles. The molecule has 0 bridgehead atoms. The fraction of sp³-hybridized carbons (Fsp3) is 0.250. The zero-order chi connectivity index (χ0) is 13.9. The molecule has 1 rings (SSSR count). The molecule has 98 valence electrons. The first kappa shape index (κ1) is 15.0. The molecule has 0 aromatic heterocycles. The zero-order valence-electron chi connectivity index (χ0n) is 9.43. The van der Waals surface area contributed by atoms with E-state index in [-0.39, 0.29) is 16.3 Å². The Morgan fingerprint density at radius 2 is 1.89 bits per heavy atom. The summed E-state index contributed by atoms with van der Waals surface area (Å²) >= 11 is 5.83. The van der Waals surface area contributed by atoms with Crippen LogP contribution in [0.1, 0.15) is 0 Å². The molecule has 10 heteroatoms. The quantitative estimate of drug-likeness (QED) is 0.357. The molecule has 0 atom stereocenters. The lowest BCUT2D eigenvalue weighted by Gasteiger charge is -2.09. The van der Waals surface area contributed by atoms with Crippen molar-refractivity contribution < 1.29 is 13.8 Å². The van der Waals surface area contributed by atoms with Gasteiger partial charge in [-0.1, -0.05) is 11.8 Å². The minimum absolute atomic E-state index is 0.198. The number of nitrogens with zero attached hydrogens (tertiary/aromatic N) is 2. The van der Waals surface area contributed by atoms with Crippen molar-refractivity contribution in [2.75, 3.05) is 13.3 Å². The normalized spacial score (nSPS) is 11.2. The Morgan fingerprint density at radius 3 is 2.33 bits per heavy atom. The number of nitro benzene ring substituents is 2. The SMILES string of the molecule is CP(C)(=S)OSc1ccc([N+](=O)[O-])cc1[N+](=O)[O-]. The monoisotopic (exact) mass is 308 g/mol. The van der Waals surface area contributed by atoms with Gasteiger partial charge in [0.15, 0.2) is 0 Å². The number of rotatable bonds is 5. The molecule has 0 saturated heterocycles. The Bertz CT molecular complexity index is 544. The van der Waals surface area contributed by atoms with Gasteiger partial charge in [0.1, 0.15) is 4.90 Å². The molecule has 0 aliphatic heterocycles. The number of benzene rings is 1. The maximum Gasteiger partial charge on any atom is 0.292 e. The van der Waals surface area contributed by atoms with Gasteiger partial charge >= 0.3 is 0 Å². The molecule has 7 nitrogen and oxygen atoms in total. The van der Waals surface area contributed by atoms with E-state index >= 15 is 0 Å². The van der Waals surface area contributed by atoms with Gasteiger partial charge in [-0.2, -0.15) is 0 Å². The van der Waals surface area contributed by atoms with Crippen LogP contribution in [0, 0.1) is 20.2 Å². The van der Waals surface area contributed by atoms with Gasteiger partial charge in [0.05, 0.1) is 22.2 Å². The first-order valence-corrected chi connectivity index (χ1v) is 8.90. The Morgan fingerprint density at radius 1 is 1.28 bits per heavy atom. The van der Waals surface area contributed by atoms with E-state index in [1.165, 1.54) is 12.1 Å². The van der Waals surface area contributed by atoms with Gasteiger partial charge in [0.2, 0.25) is 0 Å². The summed E-state index contributed by atoms with van der Waals surface area (Å²) in [7, 11) is 0. The molecule has 0 aliphatic rings. The Hall–Kier alpha value is -1.02. The van der Waals surface area contributed by atoms with Gasteiger partial charge in [-0.05, 0) is 19.4 Å². The predicted octanol–water partition coefficient (Wildman–Crippen LogP) is 3.18. The van der Waals surface area contributed by atoms with Crippen LogP contribution in [0.3, 0.4) is 0 Å². The van der Waals surface area contributed by atoms with Crippen LogP contribution in [-0.4, -0.2) is 23.2 Å². The van der Waals surface area contributed by atoms with E-state index in [9.17, 15) is 20.2 Å². The first-order valence-electron chi connectivity index (χ1n) is 4.55. The molecule has 0 unspecified atom stereocenters. The highest BCUT2D eigenvalue weighted by atomic mass is 32.5. The van der Waals surface area contributed by atoms with Crippen molar-refractivity contribution in [3.63, 3.8) is 0 Å². The van der Waals surface area contributed by atoms with Crippen LogP contribution in [-0.2, 0) is 15.8 Å². The summed E-state index contributed by atoms with van der Waals surface area (Å²) in [5.41, 5.74) is -0.698. The van der Waals surface area contributed by atoms with Crippen LogP contribution >= 0.6 is 18.3 Å². The van der Waals surface area contributed by atoms with Crippen LogP contribution in [0.15, 0.2) is 23.1 Å². The van der Waals surface area contributed by atoms with Crippen molar-refractivity contribution >= 4 is 41.5 Å². The highest BCUT2D eigenvalue weighted by Gasteiger charge is 2.21. The fourth-order valence-corrected chi connectivity index (χ4v) is 2.62. The second kappa shape index (κ2) is 5.75. The van der Waals surface area contributed by atoms with Gasteiger partial charge in [0.25, 0.3) is 11.4 Å². The summed E-state index contributed by atoms with van der Waals surface area (Å²) in [6.45, 7) is 3.46. The second-order valence-corrected chi connectivity index (χ2v) is 9.92. The van der Waals surface area contributed by atoms with E-state index in [1.807, 2.05) is 0 Å². The van der Waals surface area contributed by atoms with Gasteiger partial charge in [-0.15, -0.1) is 0 Å². The summed E-state index contributed by atoms with van der Waals surface area (Å²) < 4.78 is 5.27. The van der Waals surface area contributed by atoms with E-state index < -0.39 is 16.1 Å². The highest BCUT2D eigenvalue weighted by Crippen LogP contribution is 2.46. The summed E-state index contributed by atoms with van der Waals surface area (Å²) in [5.74, 6) is 0. The maximum atomic E-state index is 10.8. The van der Waals surface area contributed by atoms with Crippen molar-refractivity contribution in [3.8, 4) is 0 Å². The molecule has 1 aromatic carbocycles. The second-order valence-electron chi connectivity index (χ2n) is 3.58. The van der Waals surface area contributed by atoms with Crippen LogP contribution in [0.2, 0.25) is 0 Å². The number of hydrogen-bond acceptors (Lipinski definition) is 7. The van der Waals surface area contributed by atoms with Gasteiger partial charge < -0.3 is 0 Å². The van der Waals surface area contributed by atoms with Crippen molar-refractivity contribution in [2.24, 2.45) is 0 Å². The number of hydrogen-bond donors (Lipinski definition) is 0. The first-order chi connectivity index (χ1) is 8.20. The molecule has 0 fully saturated rings. The molecule has 0 saturated carbocycles. The van der Waals surface area contributed by atoms with E-state index in [0.717, 1.165) is 18.1 Å². The van der Waals surface area contributed by atoms with Crippen LogP contribution in [0.25, 0.3) is 0 Å². The molecule has 0 spiro atoms. The van der Waals surface area contributed by atoms with Crippen molar-refractivity contribution in [1.82, 2.24) is 0 Å². The average molecular weight is 308 g/mol. The van der Waals surface area contributed by atoms with E-state index in [2.05, 4.69) is 0 Å². The third-order valence-electron chi connectivity index (χ3n) is 1.66. The summed E-state index contributed by atoms with van der Waals surface area (Å²) in [4.78, 5) is 20.2. The smallest absolute Gasteiger partial charge is 0.280 e. The molecule has 0 N–H and O–H groups in total.